The molecule has 0 bridgehead atoms. The van der Waals surface area contributed by atoms with Crippen LogP contribution in [0.3, 0.4) is 0 Å². The number of carbonyl (C=O) groups is 1. The summed E-state index contributed by atoms with van der Waals surface area (Å²) in [6, 6.07) is 7.28. The molecule has 7 nitrogen and oxygen atoms in total. The minimum Gasteiger partial charge on any atom is -0.464 e. The number of ether oxygens (including phenoxy) is 1. The first-order valence-corrected chi connectivity index (χ1v) is 12.0. The van der Waals surface area contributed by atoms with Gasteiger partial charge in [-0.1, -0.05) is 39.8 Å². The SMILES string of the molecule is Cc1ccc(CNC(C(=O)OCC(C)C)C(C)O)cc1NC(c1cc(C)c(=O)n(C)c1)C(C)C. The molecule has 3 atom stereocenters. The number of benzene rings is 1. The molecular formula is C27H41N3O4. The van der Waals surface area contributed by atoms with Gasteiger partial charge in [-0.15, -0.1) is 0 Å². The third-order valence-electron chi connectivity index (χ3n) is 5.84. The van der Waals surface area contributed by atoms with E-state index in [1.807, 2.05) is 52.1 Å². The van der Waals surface area contributed by atoms with Gasteiger partial charge in [-0.3, -0.25) is 14.9 Å². The molecule has 1 aromatic carbocycles. The van der Waals surface area contributed by atoms with Crippen molar-refractivity contribution in [3.8, 4) is 0 Å². The van der Waals surface area contributed by atoms with E-state index in [-0.39, 0.29) is 23.4 Å². The second-order valence-corrected chi connectivity index (χ2v) is 10.0. The third-order valence-corrected chi connectivity index (χ3v) is 5.84. The van der Waals surface area contributed by atoms with Gasteiger partial charge in [0, 0.05) is 31.0 Å². The number of nitrogens with one attached hydrogen (secondary N) is 2. The molecule has 34 heavy (non-hydrogen) atoms. The highest BCUT2D eigenvalue weighted by atomic mass is 16.5. The summed E-state index contributed by atoms with van der Waals surface area (Å²) >= 11 is 0. The van der Waals surface area contributed by atoms with Gasteiger partial charge in [0.15, 0.2) is 0 Å². The summed E-state index contributed by atoms with van der Waals surface area (Å²) in [6.45, 7) is 14.4. The fourth-order valence-electron chi connectivity index (χ4n) is 3.83. The number of rotatable bonds is 11. The quantitative estimate of drug-likeness (QED) is 0.431. The van der Waals surface area contributed by atoms with Crippen LogP contribution in [0, 0.1) is 25.7 Å². The molecule has 3 unspecified atom stereocenters. The lowest BCUT2D eigenvalue weighted by molar-refractivity contribution is -0.150. The van der Waals surface area contributed by atoms with Crippen molar-refractivity contribution in [2.24, 2.45) is 18.9 Å². The fourth-order valence-corrected chi connectivity index (χ4v) is 3.83. The van der Waals surface area contributed by atoms with E-state index < -0.39 is 18.1 Å². The molecule has 0 fully saturated rings. The smallest absolute Gasteiger partial charge is 0.325 e. The Morgan fingerprint density at radius 1 is 1.09 bits per heavy atom. The van der Waals surface area contributed by atoms with Gasteiger partial charge in [-0.05, 0) is 61.4 Å². The van der Waals surface area contributed by atoms with Gasteiger partial charge < -0.3 is 19.7 Å². The largest absolute Gasteiger partial charge is 0.464 e. The van der Waals surface area contributed by atoms with Crippen LogP contribution in [-0.2, 0) is 23.1 Å². The Bertz CT molecular complexity index is 1000. The number of aliphatic hydroxyl groups is 1. The number of nitrogens with zero attached hydrogens (tertiary/aromatic N) is 1. The predicted octanol–water partition coefficient (Wildman–Crippen LogP) is 3.85. The van der Waals surface area contributed by atoms with Crippen molar-refractivity contribution in [1.29, 1.82) is 0 Å². The molecule has 0 saturated heterocycles. The molecule has 0 radical (unpaired) electrons. The molecule has 3 N–H and O–H groups in total. The van der Waals surface area contributed by atoms with E-state index >= 15 is 0 Å². The Labute approximate surface area is 203 Å². The van der Waals surface area contributed by atoms with Crippen molar-refractivity contribution < 1.29 is 14.6 Å². The number of aryl methyl sites for hydroxylation is 3. The van der Waals surface area contributed by atoms with E-state index in [2.05, 4.69) is 30.5 Å². The number of hydrogen-bond donors (Lipinski definition) is 3. The zero-order valence-electron chi connectivity index (χ0n) is 21.8. The Kier molecular flexibility index (Phi) is 9.89. The van der Waals surface area contributed by atoms with Gasteiger partial charge >= 0.3 is 5.97 Å². The predicted molar refractivity (Wildman–Crippen MR) is 137 cm³/mol. The van der Waals surface area contributed by atoms with Crippen LogP contribution >= 0.6 is 0 Å². The number of aromatic nitrogens is 1. The average Bonchev–Trinajstić information content (AvgIpc) is 2.75. The summed E-state index contributed by atoms with van der Waals surface area (Å²) in [6.07, 6.45) is 1.02. The minimum absolute atomic E-state index is 0.00935. The molecule has 1 aromatic heterocycles. The second kappa shape index (κ2) is 12.2. The summed E-state index contributed by atoms with van der Waals surface area (Å²) in [5, 5.41) is 16.9. The highest BCUT2D eigenvalue weighted by Crippen LogP contribution is 2.29. The number of esters is 1. The van der Waals surface area contributed by atoms with Crippen molar-refractivity contribution >= 4 is 11.7 Å². The van der Waals surface area contributed by atoms with Gasteiger partial charge in [-0.2, -0.15) is 0 Å². The first kappa shape index (κ1) is 27.6. The number of pyridine rings is 1. The normalized spacial score (nSPS) is 14.2. The van der Waals surface area contributed by atoms with E-state index in [1.165, 1.54) is 0 Å². The number of carbonyl (C=O) groups excluding carboxylic acids is 1. The second-order valence-electron chi connectivity index (χ2n) is 10.0. The molecule has 0 aliphatic carbocycles. The molecule has 2 rings (SSSR count). The Morgan fingerprint density at radius 2 is 1.76 bits per heavy atom. The van der Waals surface area contributed by atoms with Crippen molar-refractivity contribution in [1.82, 2.24) is 9.88 Å². The van der Waals surface area contributed by atoms with Crippen LogP contribution in [0.2, 0.25) is 0 Å². The standard InChI is InChI=1S/C27H41N3O4/c1-16(2)15-34-27(33)25(20(7)31)28-13-21-10-9-18(5)23(12-21)29-24(17(3)4)22-11-19(6)26(32)30(8)14-22/h9-12,14,16-17,20,24-25,28-29,31H,13,15H2,1-8H3. The summed E-state index contributed by atoms with van der Waals surface area (Å²) in [5.41, 5.74) is 4.85. The highest BCUT2D eigenvalue weighted by Gasteiger charge is 2.25. The fraction of sp³-hybridized carbons (Fsp3) is 0.556. The van der Waals surface area contributed by atoms with Gasteiger partial charge in [0.1, 0.15) is 6.04 Å². The van der Waals surface area contributed by atoms with Crippen LogP contribution in [-0.4, -0.2) is 34.4 Å². The lowest BCUT2D eigenvalue weighted by Gasteiger charge is -2.26. The summed E-state index contributed by atoms with van der Waals surface area (Å²) in [5.74, 6) is 0.0709. The van der Waals surface area contributed by atoms with Gasteiger partial charge in [0.05, 0.1) is 18.8 Å². The molecule has 1 heterocycles. The third kappa shape index (κ3) is 7.43. The summed E-state index contributed by atoms with van der Waals surface area (Å²) in [7, 11) is 1.78. The number of anilines is 1. The van der Waals surface area contributed by atoms with Crippen LogP contribution in [0.4, 0.5) is 5.69 Å². The average molecular weight is 472 g/mol. The molecule has 0 amide bonds. The van der Waals surface area contributed by atoms with Gasteiger partial charge in [-0.25, -0.2) is 0 Å². The first-order chi connectivity index (χ1) is 15.9. The maximum absolute atomic E-state index is 12.4. The van der Waals surface area contributed by atoms with Crippen LogP contribution < -0.4 is 16.2 Å². The minimum atomic E-state index is -0.874. The highest BCUT2D eigenvalue weighted by molar-refractivity contribution is 5.76. The molecule has 0 saturated carbocycles. The zero-order chi connectivity index (χ0) is 25.6. The molecule has 0 spiro atoms. The van der Waals surface area contributed by atoms with E-state index in [4.69, 9.17) is 4.74 Å². The Balaban J connectivity index is 2.21. The molecule has 2 aromatic rings. The maximum Gasteiger partial charge on any atom is 0.325 e. The van der Waals surface area contributed by atoms with Crippen molar-refractivity contribution in [3.63, 3.8) is 0 Å². The Morgan fingerprint density at radius 3 is 2.32 bits per heavy atom. The van der Waals surface area contributed by atoms with Crippen LogP contribution in [0.25, 0.3) is 0 Å². The molecule has 7 heteroatoms. The maximum atomic E-state index is 12.4. The van der Waals surface area contributed by atoms with E-state index in [1.54, 1.807) is 18.5 Å². The monoisotopic (exact) mass is 471 g/mol. The topological polar surface area (TPSA) is 92.6 Å². The lowest BCUT2D eigenvalue weighted by atomic mass is 9.95. The number of hydrogen-bond acceptors (Lipinski definition) is 6. The van der Waals surface area contributed by atoms with E-state index in [0.29, 0.717) is 13.2 Å². The van der Waals surface area contributed by atoms with E-state index in [9.17, 15) is 14.7 Å². The van der Waals surface area contributed by atoms with Gasteiger partial charge in [0.2, 0.25) is 0 Å². The molecule has 0 aliphatic rings. The van der Waals surface area contributed by atoms with Crippen LogP contribution in [0.5, 0.6) is 0 Å². The van der Waals surface area contributed by atoms with E-state index in [0.717, 1.165) is 27.9 Å². The van der Waals surface area contributed by atoms with Crippen LogP contribution in [0.15, 0.2) is 35.3 Å². The lowest BCUT2D eigenvalue weighted by Crippen LogP contribution is -2.45. The molecule has 188 valence electrons. The van der Waals surface area contributed by atoms with Crippen molar-refractivity contribution in [2.75, 3.05) is 11.9 Å². The van der Waals surface area contributed by atoms with Crippen molar-refractivity contribution in [2.45, 2.75) is 73.2 Å². The zero-order valence-corrected chi connectivity index (χ0v) is 21.8. The van der Waals surface area contributed by atoms with Crippen molar-refractivity contribution in [3.05, 3.63) is 63.1 Å². The van der Waals surface area contributed by atoms with Crippen LogP contribution in [0.1, 0.15) is 62.9 Å². The van der Waals surface area contributed by atoms with Gasteiger partial charge in [0.25, 0.3) is 5.56 Å². The first-order valence-electron chi connectivity index (χ1n) is 12.0. The number of aliphatic hydroxyl groups excluding tert-OH is 1. The summed E-state index contributed by atoms with van der Waals surface area (Å²) < 4.78 is 6.94. The Hall–Kier alpha value is -2.64. The molecule has 0 aliphatic heterocycles. The summed E-state index contributed by atoms with van der Waals surface area (Å²) in [4.78, 5) is 24.6. The molecular weight excluding hydrogens is 430 g/mol.